The molecule has 1 saturated heterocycles. The van der Waals surface area contributed by atoms with Crippen LogP contribution in [0.15, 0.2) is 6.20 Å². The zero-order valence-electron chi connectivity index (χ0n) is 10.5. The number of carbonyl (C=O) groups is 1. The zero-order valence-corrected chi connectivity index (χ0v) is 11.4. The van der Waals surface area contributed by atoms with Gasteiger partial charge in [-0.3, -0.25) is 4.79 Å². The summed E-state index contributed by atoms with van der Waals surface area (Å²) in [5.41, 5.74) is 0.0895. The minimum absolute atomic E-state index is 0.0392. The van der Waals surface area contributed by atoms with Crippen LogP contribution in [0.25, 0.3) is 0 Å². The van der Waals surface area contributed by atoms with Gasteiger partial charge in [-0.2, -0.15) is 0 Å². The van der Waals surface area contributed by atoms with Crippen molar-refractivity contribution in [2.45, 2.75) is 45.1 Å². The van der Waals surface area contributed by atoms with E-state index in [9.17, 15) is 4.79 Å². The molecule has 1 aliphatic heterocycles. The summed E-state index contributed by atoms with van der Waals surface area (Å²) in [7, 11) is 0. The average molecular weight is 253 g/mol. The third-order valence-electron chi connectivity index (χ3n) is 2.85. The fraction of sp³-hybridized carbons (Fsp3) is 0.667. The highest BCUT2D eigenvalue weighted by atomic mass is 32.1. The van der Waals surface area contributed by atoms with Crippen molar-refractivity contribution in [3.63, 3.8) is 0 Å². The Labute approximate surface area is 106 Å². The van der Waals surface area contributed by atoms with Gasteiger partial charge in [0.1, 0.15) is 0 Å². The lowest BCUT2D eigenvalue weighted by atomic mass is 9.96. The first kappa shape index (κ1) is 12.5. The van der Waals surface area contributed by atoms with Gasteiger partial charge in [0, 0.05) is 11.1 Å². The van der Waals surface area contributed by atoms with Crippen molar-refractivity contribution < 1.29 is 4.79 Å². The predicted molar refractivity (Wildman–Crippen MR) is 70.5 cm³/mol. The predicted octanol–water partition coefficient (Wildman–Crippen LogP) is 2.13. The van der Waals surface area contributed by atoms with Gasteiger partial charge in [-0.25, -0.2) is 4.98 Å². The number of rotatable bonds is 2. The Morgan fingerprint density at radius 3 is 2.88 bits per heavy atom. The van der Waals surface area contributed by atoms with Crippen LogP contribution in [0.3, 0.4) is 0 Å². The first-order valence-corrected chi connectivity index (χ1v) is 6.79. The van der Waals surface area contributed by atoms with Gasteiger partial charge >= 0.3 is 0 Å². The van der Waals surface area contributed by atoms with Crippen molar-refractivity contribution in [1.29, 1.82) is 0 Å². The molecule has 1 aromatic rings. The third-order valence-corrected chi connectivity index (χ3v) is 4.19. The molecule has 1 aliphatic rings. The number of hydrogen-bond acceptors (Lipinski definition) is 4. The summed E-state index contributed by atoms with van der Waals surface area (Å²) in [6.07, 6.45) is 3.84. The van der Waals surface area contributed by atoms with Crippen molar-refractivity contribution in [1.82, 2.24) is 10.3 Å². The van der Waals surface area contributed by atoms with Crippen LogP contribution < -0.4 is 10.6 Å². The molecule has 1 atom stereocenters. The van der Waals surface area contributed by atoms with Crippen LogP contribution in [-0.4, -0.2) is 23.5 Å². The molecule has 0 spiro atoms. The summed E-state index contributed by atoms with van der Waals surface area (Å²) >= 11 is 1.56. The molecule has 94 valence electrons. The summed E-state index contributed by atoms with van der Waals surface area (Å²) < 4.78 is 0. The standard InChI is InChI=1S/C12H19N3OS/c1-12(2,3)9-7-14-11(17-9)15-10(16)8-5-4-6-13-8/h7-8,13H,4-6H2,1-3H3,(H,14,15,16). The van der Waals surface area contributed by atoms with Crippen LogP contribution in [0, 0.1) is 0 Å². The molecule has 17 heavy (non-hydrogen) atoms. The number of nitrogens with zero attached hydrogens (tertiary/aromatic N) is 1. The van der Waals surface area contributed by atoms with Crippen molar-refractivity contribution in [2.75, 3.05) is 11.9 Å². The van der Waals surface area contributed by atoms with Crippen molar-refractivity contribution >= 4 is 22.4 Å². The molecule has 0 saturated carbocycles. The summed E-state index contributed by atoms with van der Waals surface area (Å²) in [6, 6.07) is -0.0445. The van der Waals surface area contributed by atoms with Crippen molar-refractivity contribution in [3.05, 3.63) is 11.1 Å². The highest BCUT2D eigenvalue weighted by molar-refractivity contribution is 7.15. The first-order valence-electron chi connectivity index (χ1n) is 5.97. The highest BCUT2D eigenvalue weighted by Crippen LogP contribution is 2.30. The molecule has 4 nitrogen and oxygen atoms in total. The second-order valence-electron chi connectivity index (χ2n) is 5.42. The minimum atomic E-state index is -0.0445. The van der Waals surface area contributed by atoms with Crippen LogP contribution in [-0.2, 0) is 10.2 Å². The molecule has 0 radical (unpaired) electrons. The Morgan fingerprint density at radius 2 is 2.35 bits per heavy atom. The van der Waals surface area contributed by atoms with Gasteiger partial charge in [0.15, 0.2) is 5.13 Å². The second kappa shape index (κ2) is 4.74. The fourth-order valence-electron chi connectivity index (χ4n) is 1.78. The van der Waals surface area contributed by atoms with Gasteiger partial charge < -0.3 is 10.6 Å². The number of aromatic nitrogens is 1. The summed E-state index contributed by atoms with van der Waals surface area (Å²) in [5.74, 6) is 0.0392. The summed E-state index contributed by atoms with van der Waals surface area (Å²) in [5, 5.41) is 6.76. The first-order chi connectivity index (χ1) is 7.97. The molecule has 1 fully saturated rings. The van der Waals surface area contributed by atoms with E-state index in [4.69, 9.17) is 0 Å². The number of nitrogens with one attached hydrogen (secondary N) is 2. The maximum atomic E-state index is 11.9. The molecule has 2 N–H and O–H groups in total. The van der Waals surface area contributed by atoms with Gasteiger partial charge in [-0.05, 0) is 24.8 Å². The number of anilines is 1. The van der Waals surface area contributed by atoms with Gasteiger partial charge in [0.25, 0.3) is 0 Å². The van der Waals surface area contributed by atoms with Gasteiger partial charge in [0.05, 0.1) is 6.04 Å². The molecule has 2 heterocycles. The Morgan fingerprint density at radius 1 is 1.59 bits per heavy atom. The average Bonchev–Trinajstić information content (AvgIpc) is 2.85. The van der Waals surface area contributed by atoms with E-state index in [0.29, 0.717) is 5.13 Å². The lowest BCUT2D eigenvalue weighted by Gasteiger charge is -2.14. The van der Waals surface area contributed by atoms with Crippen LogP contribution >= 0.6 is 11.3 Å². The second-order valence-corrected chi connectivity index (χ2v) is 6.45. The van der Waals surface area contributed by atoms with Crippen LogP contribution in [0.4, 0.5) is 5.13 Å². The van der Waals surface area contributed by atoms with Crippen LogP contribution in [0.5, 0.6) is 0 Å². The largest absolute Gasteiger partial charge is 0.306 e. The molecule has 1 amide bonds. The van der Waals surface area contributed by atoms with E-state index >= 15 is 0 Å². The molecule has 0 aliphatic carbocycles. The Bertz CT molecular complexity index is 402. The van der Waals surface area contributed by atoms with Crippen LogP contribution in [0.1, 0.15) is 38.5 Å². The quantitative estimate of drug-likeness (QED) is 0.849. The number of carbonyl (C=O) groups excluding carboxylic acids is 1. The maximum Gasteiger partial charge on any atom is 0.243 e. The molecule has 1 unspecified atom stereocenters. The topological polar surface area (TPSA) is 54.0 Å². The lowest BCUT2D eigenvalue weighted by molar-refractivity contribution is -0.117. The van der Waals surface area contributed by atoms with Gasteiger partial charge in [0.2, 0.25) is 5.91 Å². The van der Waals surface area contributed by atoms with Crippen molar-refractivity contribution in [3.8, 4) is 0 Å². The highest BCUT2D eigenvalue weighted by Gasteiger charge is 2.23. The van der Waals surface area contributed by atoms with E-state index < -0.39 is 0 Å². The summed E-state index contributed by atoms with van der Waals surface area (Å²) in [4.78, 5) is 17.3. The van der Waals surface area contributed by atoms with Crippen LogP contribution in [0.2, 0.25) is 0 Å². The van der Waals surface area contributed by atoms with Gasteiger partial charge in [-0.15, -0.1) is 11.3 Å². The number of thiazole rings is 1. The lowest BCUT2D eigenvalue weighted by Crippen LogP contribution is -2.35. The zero-order chi connectivity index (χ0) is 12.5. The van der Waals surface area contributed by atoms with E-state index in [-0.39, 0.29) is 17.4 Å². The van der Waals surface area contributed by atoms with E-state index in [1.165, 1.54) is 4.88 Å². The summed E-state index contributed by atoms with van der Waals surface area (Å²) in [6.45, 7) is 7.36. The van der Waals surface area contributed by atoms with E-state index in [1.807, 2.05) is 6.20 Å². The molecular formula is C12H19N3OS. The van der Waals surface area contributed by atoms with E-state index in [1.54, 1.807) is 11.3 Å². The molecule has 0 aromatic carbocycles. The SMILES string of the molecule is CC(C)(C)c1cnc(NC(=O)C2CCCN2)s1. The van der Waals surface area contributed by atoms with Crippen molar-refractivity contribution in [2.24, 2.45) is 0 Å². The number of hydrogen-bond donors (Lipinski definition) is 2. The molecule has 1 aromatic heterocycles. The molecule has 0 bridgehead atoms. The third kappa shape index (κ3) is 3.04. The smallest absolute Gasteiger partial charge is 0.243 e. The van der Waals surface area contributed by atoms with E-state index in [2.05, 4.69) is 36.4 Å². The Kier molecular flexibility index (Phi) is 3.49. The maximum absolute atomic E-state index is 11.9. The molecular weight excluding hydrogens is 234 g/mol. The monoisotopic (exact) mass is 253 g/mol. The minimum Gasteiger partial charge on any atom is -0.306 e. The molecule has 2 rings (SSSR count). The molecule has 5 heteroatoms. The Balaban J connectivity index is 1.99. The van der Waals surface area contributed by atoms with Gasteiger partial charge in [-0.1, -0.05) is 20.8 Å². The van der Waals surface area contributed by atoms with E-state index in [0.717, 1.165) is 19.4 Å². The fourth-order valence-corrected chi connectivity index (χ4v) is 2.66. The number of amides is 1. The Hall–Kier alpha value is -0.940. The normalized spacial score (nSPS) is 20.5.